The van der Waals surface area contributed by atoms with E-state index < -0.39 is 0 Å². The summed E-state index contributed by atoms with van der Waals surface area (Å²) in [6, 6.07) is 1.89. The third kappa shape index (κ3) is 3.87. The van der Waals surface area contributed by atoms with Crippen molar-refractivity contribution in [2.24, 2.45) is 0 Å². The molecule has 3 unspecified atom stereocenters. The smallest absolute Gasteiger partial charge is 0.226 e. The molecule has 0 bridgehead atoms. The lowest BCUT2D eigenvalue weighted by molar-refractivity contribution is 0.0429. The number of hydrogen-bond donors (Lipinski definition) is 0. The van der Waals surface area contributed by atoms with Gasteiger partial charge in [0.25, 0.3) is 0 Å². The molecule has 1 saturated heterocycles. The lowest BCUT2D eigenvalue weighted by Gasteiger charge is -2.43. The van der Waals surface area contributed by atoms with Gasteiger partial charge in [-0.1, -0.05) is 6.42 Å². The van der Waals surface area contributed by atoms with Crippen molar-refractivity contribution in [3.63, 3.8) is 0 Å². The molecular weight excluding hydrogens is 202 g/mol. The fraction of sp³-hybridized carbons (Fsp3) is 0.923. The predicted molar refractivity (Wildman–Crippen MR) is 65.2 cm³/mol. The van der Waals surface area contributed by atoms with E-state index in [1.165, 1.54) is 19.3 Å². The van der Waals surface area contributed by atoms with Crippen LogP contribution in [-0.2, 0) is 9.53 Å². The molecule has 1 radical (unpaired) electrons. The second-order valence-corrected chi connectivity index (χ2v) is 4.91. The number of likely N-dealkylation sites (tertiary alicyclic amines) is 1. The van der Waals surface area contributed by atoms with Gasteiger partial charge in [0.15, 0.2) is 0 Å². The Hall–Kier alpha value is -0.410. The summed E-state index contributed by atoms with van der Waals surface area (Å²) < 4.78 is 5.16. The minimum Gasteiger partial charge on any atom is -0.373 e. The normalized spacial score (nSPS) is 28.9. The molecule has 3 nitrogen and oxygen atoms in total. The zero-order chi connectivity index (χ0) is 12.0. The standard InChI is InChI=1S/C13H24NO2/c1-11-5-4-6-12(2)14(11)13(3)7-9-16-10-8-15/h11-13H,4-7,9-10H2,1-3H3. The third-order valence-corrected chi connectivity index (χ3v) is 3.61. The van der Waals surface area contributed by atoms with Crippen LogP contribution in [0.15, 0.2) is 0 Å². The Kier molecular flexibility index (Phi) is 5.99. The highest BCUT2D eigenvalue weighted by Crippen LogP contribution is 2.25. The molecule has 0 aromatic rings. The minimum atomic E-state index is 0.109. The van der Waals surface area contributed by atoms with E-state index in [1.54, 1.807) is 6.29 Å². The van der Waals surface area contributed by atoms with Gasteiger partial charge < -0.3 is 4.74 Å². The van der Waals surface area contributed by atoms with Crippen LogP contribution in [0.1, 0.15) is 46.5 Å². The molecule has 3 heteroatoms. The van der Waals surface area contributed by atoms with Gasteiger partial charge in [0, 0.05) is 24.7 Å². The van der Waals surface area contributed by atoms with Crippen molar-refractivity contribution >= 4 is 6.29 Å². The number of hydrogen-bond acceptors (Lipinski definition) is 3. The van der Waals surface area contributed by atoms with Crippen molar-refractivity contribution in [1.29, 1.82) is 0 Å². The van der Waals surface area contributed by atoms with Crippen LogP contribution in [0.5, 0.6) is 0 Å². The van der Waals surface area contributed by atoms with Crippen LogP contribution in [0.4, 0.5) is 0 Å². The van der Waals surface area contributed by atoms with Gasteiger partial charge in [-0.3, -0.25) is 9.69 Å². The molecule has 1 heterocycles. The molecule has 0 aromatic heterocycles. The molecule has 1 fully saturated rings. The van der Waals surface area contributed by atoms with E-state index >= 15 is 0 Å². The van der Waals surface area contributed by atoms with Gasteiger partial charge >= 0.3 is 0 Å². The van der Waals surface area contributed by atoms with E-state index in [-0.39, 0.29) is 6.61 Å². The first-order valence-corrected chi connectivity index (χ1v) is 6.37. The van der Waals surface area contributed by atoms with Gasteiger partial charge in [0.2, 0.25) is 6.29 Å². The highest BCUT2D eigenvalue weighted by molar-refractivity contribution is 5.51. The maximum absolute atomic E-state index is 9.99. The Morgan fingerprint density at radius 2 is 2.00 bits per heavy atom. The summed E-state index contributed by atoms with van der Waals surface area (Å²) in [5.74, 6) is 0. The maximum Gasteiger partial charge on any atom is 0.226 e. The fourth-order valence-corrected chi connectivity index (χ4v) is 2.83. The Morgan fingerprint density at radius 1 is 1.38 bits per heavy atom. The van der Waals surface area contributed by atoms with Crippen molar-refractivity contribution in [3.8, 4) is 0 Å². The van der Waals surface area contributed by atoms with Crippen LogP contribution in [0, 0.1) is 0 Å². The number of carbonyl (C=O) groups excluding carboxylic acids is 1. The SMILES string of the molecule is CC1CCCC(C)N1C(C)CCOC[C]=O. The second kappa shape index (κ2) is 7.02. The largest absolute Gasteiger partial charge is 0.373 e. The third-order valence-electron chi connectivity index (χ3n) is 3.61. The second-order valence-electron chi connectivity index (χ2n) is 4.91. The molecule has 1 aliphatic heterocycles. The quantitative estimate of drug-likeness (QED) is 0.650. The van der Waals surface area contributed by atoms with Crippen LogP contribution in [0.25, 0.3) is 0 Å². The molecule has 0 aliphatic carbocycles. The van der Waals surface area contributed by atoms with Gasteiger partial charge in [-0.2, -0.15) is 0 Å². The molecular formula is C13H24NO2. The Balaban J connectivity index is 2.32. The van der Waals surface area contributed by atoms with E-state index in [9.17, 15) is 4.79 Å². The molecule has 3 atom stereocenters. The summed E-state index contributed by atoms with van der Waals surface area (Å²) in [4.78, 5) is 12.6. The van der Waals surface area contributed by atoms with Gasteiger partial charge in [0.1, 0.15) is 6.61 Å². The van der Waals surface area contributed by atoms with Gasteiger partial charge in [-0.25, -0.2) is 0 Å². The van der Waals surface area contributed by atoms with E-state index in [4.69, 9.17) is 4.74 Å². The molecule has 0 N–H and O–H groups in total. The zero-order valence-corrected chi connectivity index (χ0v) is 10.7. The highest BCUT2D eigenvalue weighted by Gasteiger charge is 2.28. The molecule has 0 spiro atoms. The lowest BCUT2D eigenvalue weighted by Crippen LogP contribution is -2.49. The topological polar surface area (TPSA) is 29.5 Å². The van der Waals surface area contributed by atoms with Crippen LogP contribution >= 0.6 is 0 Å². The van der Waals surface area contributed by atoms with Crippen LogP contribution in [0.2, 0.25) is 0 Å². The Labute approximate surface area is 99.1 Å². The molecule has 93 valence electrons. The highest BCUT2D eigenvalue weighted by atomic mass is 16.5. The monoisotopic (exact) mass is 226 g/mol. The molecule has 0 aromatic carbocycles. The Bertz CT molecular complexity index is 198. The number of ether oxygens (including phenoxy) is 1. The molecule has 1 rings (SSSR count). The average Bonchev–Trinajstić information content (AvgIpc) is 2.24. The summed E-state index contributed by atoms with van der Waals surface area (Å²) in [6.45, 7) is 7.65. The lowest BCUT2D eigenvalue weighted by atomic mass is 9.95. The fourth-order valence-electron chi connectivity index (χ4n) is 2.83. The molecule has 0 saturated carbocycles. The summed E-state index contributed by atoms with van der Waals surface area (Å²) in [7, 11) is 0. The maximum atomic E-state index is 9.99. The minimum absolute atomic E-state index is 0.109. The van der Waals surface area contributed by atoms with E-state index in [0.717, 1.165) is 6.42 Å². The van der Waals surface area contributed by atoms with E-state index in [1.807, 2.05) is 0 Å². The summed E-state index contributed by atoms with van der Waals surface area (Å²) in [5, 5.41) is 0. The van der Waals surface area contributed by atoms with Crippen molar-refractivity contribution in [1.82, 2.24) is 4.90 Å². The zero-order valence-electron chi connectivity index (χ0n) is 10.7. The number of nitrogens with zero attached hydrogens (tertiary/aromatic N) is 1. The van der Waals surface area contributed by atoms with Gasteiger partial charge in [-0.15, -0.1) is 0 Å². The number of piperidine rings is 1. The molecule has 1 aliphatic rings. The first-order chi connectivity index (χ1) is 7.66. The first kappa shape index (κ1) is 13.7. The molecule has 0 amide bonds. The first-order valence-electron chi connectivity index (χ1n) is 6.37. The van der Waals surface area contributed by atoms with Crippen LogP contribution in [-0.4, -0.2) is 42.5 Å². The summed E-state index contributed by atoms with van der Waals surface area (Å²) in [6.07, 6.45) is 6.70. The Morgan fingerprint density at radius 3 is 2.56 bits per heavy atom. The van der Waals surface area contributed by atoms with Crippen molar-refractivity contribution in [2.75, 3.05) is 13.2 Å². The average molecular weight is 226 g/mol. The van der Waals surface area contributed by atoms with Crippen molar-refractivity contribution in [2.45, 2.75) is 64.6 Å². The van der Waals surface area contributed by atoms with Gasteiger partial charge in [-0.05, 0) is 40.0 Å². The van der Waals surface area contributed by atoms with Gasteiger partial charge in [0.05, 0.1) is 0 Å². The summed E-state index contributed by atoms with van der Waals surface area (Å²) >= 11 is 0. The van der Waals surface area contributed by atoms with Crippen molar-refractivity contribution in [3.05, 3.63) is 0 Å². The van der Waals surface area contributed by atoms with E-state index in [0.29, 0.717) is 24.7 Å². The number of rotatable bonds is 6. The predicted octanol–water partition coefficient (Wildman–Crippen LogP) is 2.15. The molecule has 16 heavy (non-hydrogen) atoms. The van der Waals surface area contributed by atoms with Crippen LogP contribution in [0.3, 0.4) is 0 Å². The van der Waals surface area contributed by atoms with Crippen LogP contribution < -0.4 is 0 Å². The van der Waals surface area contributed by atoms with Crippen molar-refractivity contribution < 1.29 is 9.53 Å². The van der Waals surface area contributed by atoms with E-state index in [2.05, 4.69) is 25.7 Å². The summed E-state index contributed by atoms with van der Waals surface area (Å²) in [5.41, 5.74) is 0.